The van der Waals surface area contributed by atoms with E-state index in [0.29, 0.717) is 0 Å². The van der Waals surface area contributed by atoms with Crippen LogP contribution in [0.5, 0.6) is 0 Å². The van der Waals surface area contributed by atoms with Crippen molar-refractivity contribution in [3.63, 3.8) is 0 Å². The van der Waals surface area contributed by atoms with Crippen LogP contribution >= 0.6 is 0 Å². The highest BCUT2D eigenvalue weighted by molar-refractivity contribution is 5.55. The average molecular weight is 224 g/mol. The predicted molar refractivity (Wildman–Crippen MR) is 70.7 cm³/mol. The van der Waals surface area contributed by atoms with E-state index in [9.17, 15) is 0 Å². The maximum atomic E-state index is 5.92. The Kier molecular flexibility index (Phi) is 2.57. The first kappa shape index (κ1) is 10.4. The third-order valence-electron chi connectivity index (χ3n) is 3.25. The van der Waals surface area contributed by atoms with Gasteiger partial charge in [0, 0.05) is 24.5 Å². The summed E-state index contributed by atoms with van der Waals surface area (Å²) >= 11 is 0. The summed E-state index contributed by atoms with van der Waals surface area (Å²) < 4.78 is 2.28. The van der Waals surface area contributed by atoms with E-state index in [-0.39, 0.29) is 6.04 Å². The van der Waals surface area contributed by atoms with Crippen LogP contribution in [0.1, 0.15) is 16.8 Å². The molecule has 1 unspecified atom stereocenters. The molecule has 2 heteroatoms. The fraction of sp³-hybridized carbons (Fsp3) is 0.200. The van der Waals surface area contributed by atoms with Crippen molar-refractivity contribution in [2.24, 2.45) is 5.73 Å². The second kappa shape index (κ2) is 4.22. The second-order valence-corrected chi connectivity index (χ2v) is 4.57. The Morgan fingerprint density at radius 3 is 2.82 bits per heavy atom. The Labute approximate surface area is 101 Å². The molecule has 0 saturated carbocycles. The number of hydrogen-bond acceptors (Lipinski definition) is 1. The molecule has 3 rings (SSSR count). The Morgan fingerprint density at radius 2 is 2.00 bits per heavy atom. The molecular weight excluding hydrogens is 208 g/mol. The standard InChI is InChI=1S/C15H16N2/c16-14-6-7-15-13(10-14)8-9-17(15)11-12-4-2-1-3-5-12/h1-9,14H,10-11,16H2. The summed E-state index contributed by atoms with van der Waals surface area (Å²) in [6, 6.07) is 12.9. The van der Waals surface area contributed by atoms with Gasteiger partial charge < -0.3 is 10.3 Å². The van der Waals surface area contributed by atoms with Gasteiger partial charge >= 0.3 is 0 Å². The molecule has 0 bridgehead atoms. The van der Waals surface area contributed by atoms with Crippen LogP contribution in [0.2, 0.25) is 0 Å². The smallest absolute Gasteiger partial charge is 0.0476 e. The van der Waals surface area contributed by atoms with Crippen molar-refractivity contribution in [1.82, 2.24) is 4.57 Å². The van der Waals surface area contributed by atoms with Crippen molar-refractivity contribution in [3.8, 4) is 0 Å². The summed E-state index contributed by atoms with van der Waals surface area (Å²) in [5.74, 6) is 0. The molecule has 2 N–H and O–H groups in total. The van der Waals surface area contributed by atoms with E-state index >= 15 is 0 Å². The zero-order chi connectivity index (χ0) is 11.7. The molecule has 0 fully saturated rings. The maximum Gasteiger partial charge on any atom is 0.0476 e. The molecule has 17 heavy (non-hydrogen) atoms. The van der Waals surface area contributed by atoms with Crippen molar-refractivity contribution in [3.05, 3.63) is 65.5 Å². The van der Waals surface area contributed by atoms with Crippen molar-refractivity contribution in [2.75, 3.05) is 0 Å². The van der Waals surface area contributed by atoms with Crippen LogP contribution < -0.4 is 5.73 Å². The molecule has 1 aliphatic carbocycles. The summed E-state index contributed by atoms with van der Waals surface area (Å²) in [7, 11) is 0. The molecule has 86 valence electrons. The maximum absolute atomic E-state index is 5.92. The molecule has 1 heterocycles. The van der Waals surface area contributed by atoms with Crippen LogP contribution in [0.4, 0.5) is 0 Å². The first-order valence-electron chi connectivity index (χ1n) is 5.98. The number of hydrogen-bond donors (Lipinski definition) is 1. The Bertz CT molecular complexity index is 537. The molecule has 1 aromatic carbocycles. The van der Waals surface area contributed by atoms with Gasteiger partial charge in [0.15, 0.2) is 0 Å². The lowest BCUT2D eigenvalue weighted by atomic mass is 10.0. The van der Waals surface area contributed by atoms with Crippen LogP contribution in [0, 0.1) is 0 Å². The zero-order valence-electron chi connectivity index (χ0n) is 9.71. The highest BCUT2D eigenvalue weighted by atomic mass is 15.0. The molecule has 1 atom stereocenters. The molecular formula is C15H16N2. The number of nitrogens with zero attached hydrogens (tertiary/aromatic N) is 1. The zero-order valence-corrected chi connectivity index (χ0v) is 9.71. The van der Waals surface area contributed by atoms with Crippen LogP contribution in [0.3, 0.4) is 0 Å². The predicted octanol–water partition coefficient (Wildman–Crippen LogP) is 2.43. The monoisotopic (exact) mass is 224 g/mol. The molecule has 1 aromatic heterocycles. The number of aromatic nitrogens is 1. The normalized spacial score (nSPS) is 18.1. The van der Waals surface area contributed by atoms with E-state index in [1.807, 2.05) is 6.07 Å². The van der Waals surface area contributed by atoms with E-state index in [2.05, 4.69) is 53.2 Å². The van der Waals surface area contributed by atoms with E-state index in [4.69, 9.17) is 5.73 Å². The van der Waals surface area contributed by atoms with Gasteiger partial charge in [0.2, 0.25) is 0 Å². The second-order valence-electron chi connectivity index (χ2n) is 4.57. The summed E-state index contributed by atoms with van der Waals surface area (Å²) in [5, 5.41) is 0. The molecule has 2 aromatic rings. The largest absolute Gasteiger partial charge is 0.343 e. The van der Waals surface area contributed by atoms with Gasteiger partial charge in [-0.1, -0.05) is 36.4 Å². The van der Waals surface area contributed by atoms with E-state index in [0.717, 1.165) is 13.0 Å². The van der Waals surface area contributed by atoms with E-state index < -0.39 is 0 Å². The molecule has 0 aliphatic heterocycles. The summed E-state index contributed by atoms with van der Waals surface area (Å²) in [5.41, 5.74) is 9.90. The van der Waals surface area contributed by atoms with Crippen LogP contribution in [-0.2, 0) is 13.0 Å². The lowest BCUT2D eigenvalue weighted by Gasteiger charge is -2.15. The minimum Gasteiger partial charge on any atom is -0.343 e. The number of nitrogens with two attached hydrogens (primary N) is 1. The van der Waals surface area contributed by atoms with Gasteiger partial charge in [0.05, 0.1) is 0 Å². The van der Waals surface area contributed by atoms with E-state index in [1.165, 1.54) is 16.8 Å². The average Bonchev–Trinajstić information content (AvgIpc) is 2.73. The lowest BCUT2D eigenvalue weighted by Crippen LogP contribution is -2.22. The van der Waals surface area contributed by atoms with Crippen LogP contribution in [0.15, 0.2) is 48.7 Å². The molecule has 0 spiro atoms. The van der Waals surface area contributed by atoms with Gasteiger partial charge in [-0.3, -0.25) is 0 Å². The molecule has 1 aliphatic rings. The molecule has 0 saturated heterocycles. The summed E-state index contributed by atoms with van der Waals surface area (Å²) in [6.07, 6.45) is 7.34. The van der Waals surface area contributed by atoms with Crippen molar-refractivity contribution in [2.45, 2.75) is 19.0 Å². The van der Waals surface area contributed by atoms with Crippen LogP contribution in [-0.4, -0.2) is 10.6 Å². The van der Waals surface area contributed by atoms with Gasteiger partial charge in [-0.2, -0.15) is 0 Å². The Balaban J connectivity index is 1.90. The first-order chi connectivity index (χ1) is 8.33. The Morgan fingerprint density at radius 1 is 1.18 bits per heavy atom. The van der Waals surface area contributed by atoms with Gasteiger partial charge in [0.1, 0.15) is 0 Å². The SMILES string of the molecule is NC1C=Cc2c(ccn2Cc2ccccc2)C1. The van der Waals surface area contributed by atoms with Crippen LogP contribution in [0.25, 0.3) is 6.08 Å². The fourth-order valence-electron chi connectivity index (χ4n) is 2.36. The lowest BCUT2D eigenvalue weighted by molar-refractivity contribution is 0.760. The minimum absolute atomic E-state index is 0.176. The quantitative estimate of drug-likeness (QED) is 0.834. The number of fused-ring (bicyclic) bond motifs is 1. The highest BCUT2D eigenvalue weighted by Gasteiger charge is 2.13. The van der Waals surface area contributed by atoms with Crippen molar-refractivity contribution >= 4 is 6.08 Å². The van der Waals surface area contributed by atoms with Gasteiger partial charge in [-0.25, -0.2) is 0 Å². The number of rotatable bonds is 2. The minimum atomic E-state index is 0.176. The van der Waals surface area contributed by atoms with Gasteiger partial charge in [0.25, 0.3) is 0 Å². The summed E-state index contributed by atoms with van der Waals surface area (Å²) in [4.78, 5) is 0. The summed E-state index contributed by atoms with van der Waals surface area (Å²) in [6.45, 7) is 0.926. The Hall–Kier alpha value is -1.80. The third-order valence-corrected chi connectivity index (χ3v) is 3.25. The van der Waals surface area contributed by atoms with Crippen molar-refractivity contribution in [1.29, 1.82) is 0 Å². The molecule has 0 radical (unpaired) electrons. The third kappa shape index (κ3) is 2.04. The fourth-order valence-corrected chi connectivity index (χ4v) is 2.36. The highest BCUT2D eigenvalue weighted by Crippen LogP contribution is 2.20. The van der Waals surface area contributed by atoms with Crippen molar-refractivity contribution < 1.29 is 0 Å². The van der Waals surface area contributed by atoms with Gasteiger partial charge in [-0.05, 0) is 29.7 Å². The molecule has 2 nitrogen and oxygen atoms in total. The first-order valence-corrected chi connectivity index (χ1v) is 5.98. The molecule has 0 amide bonds. The topological polar surface area (TPSA) is 30.9 Å². The van der Waals surface area contributed by atoms with Gasteiger partial charge in [-0.15, -0.1) is 0 Å². The number of benzene rings is 1. The van der Waals surface area contributed by atoms with E-state index in [1.54, 1.807) is 0 Å².